The third-order valence-corrected chi connectivity index (χ3v) is 2.29. The summed E-state index contributed by atoms with van der Waals surface area (Å²) in [5.74, 6) is -0.430. The van der Waals surface area contributed by atoms with Gasteiger partial charge in [-0.05, 0) is 30.3 Å². The molecule has 0 aliphatic carbocycles. The zero-order valence-corrected chi connectivity index (χ0v) is 9.37. The van der Waals surface area contributed by atoms with E-state index in [1.54, 1.807) is 24.3 Å². The summed E-state index contributed by atoms with van der Waals surface area (Å²) in [6.45, 7) is 0. The predicted molar refractivity (Wildman–Crippen MR) is 63.6 cm³/mol. The summed E-state index contributed by atoms with van der Waals surface area (Å²) in [6.07, 6.45) is 1.36. The molecule has 0 radical (unpaired) electrons. The number of anilines is 2. The summed E-state index contributed by atoms with van der Waals surface area (Å²) in [4.78, 5) is 3.83. The molecule has 0 amide bonds. The van der Waals surface area contributed by atoms with Crippen molar-refractivity contribution in [2.75, 3.05) is 5.32 Å². The van der Waals surface area contributed by atoms with E-state index >= 15 is 0 Å². The summed E-state index contributed by atoms with van der Waals surface area (Å²) < 4.78 is 13.4. The smallest absolute Gasteiger partial charge is 0.167 e. The summed E-state index contributed by atoms with van der Waals surface area (Å²) in [7, 11) is 0. The van der Waals surface area contributed by atoms with Gasteiger partial charge in [0, 0.05) is 11.9 Å². The molecular formula is C12H7ClFN3. The van der Waals surface area contributed by atoms with Crippen molar-refractivity contribution in [2.24, 2.45) is 0 Å². The van der Waals surface area contributed by atoms with Gasteiger partial charge in [0.2, 0.25) is 0 Å². The van der Waals surface area contributed by atoms with Crippen molar-refractivity contribution in [3.8, 4) is 6.07 Å². The highest BCUT2D eigenvalue weighted by atomic mass is 35.5. The quantitative estimate of drug-likeness (QED) is 0.884. The van der Waals surface area contributed by atoms with Crippen LogP contribution in [0.25, 0.3) is 0 Å². The minimum atomic E-state index is -0.526. The summed E-state index contributed by atoms with van der Waals surface area (Å²) in [5, 5.41) is 11.7. The molecule has 2 rings (SSSR count). The topological polar surface area (TPSA) is 48.7 Å². The molecule has 3 nitrogen and oxygen atoms in total. The molecule has 0 bridgehead atoms. The van der Waals surface area contributed by atoms with Crippen LogP contribution in [-0.4, -0.2) is 4.98 Å². The molecule has 5 heteroatoms. The van der Waals surface area contributed by atoms with E-state index in [0.29, 0.717) is 11.3 Å². The predicted octanol–water partition coefficient (Wildman–Crippen LogP) is 3.49. The Morgan fingerprint density at radius 2 is 2.00 bits per heavy atom. The average molecular weight is 248 g/mol. The number of rotatable bonds is 2. The zero-order chi connectivity index (χ0) is 12.3. The van der Waals surface area contributed by atoms with Crippen LogP contribution < -0.4 is 5.32 Å². The van der Waals surface area contributed by atoms with Crippen molar-refractivity contribution in [1.29, 1.82) is 5.26 Å². The maximum atomic E-state index is 13.4. The molecule has 0 fully saturated rings. The van der Waals surface area contributed by atoms with E-state index in [2.05, 4.69) is 10.3 Å². The minimum Gasteiger partial charge on any atom is -0.338 e. The Bertz CT molecular complexity index is 575. The zero-order valence-electron chi connectivity index (χ0n) is 8.61. The lowest BCUT2D eigenvalue weighted by molar-refractivity contribution is 0.626. The fraction of sp³-hybridized carbons (Fsp3) is 0. The first-order chi connectivity index (χ1) is 8.19. The van der Waals surface area contributed by atoms with Crippen molar-refractivity contribution in [2.45, 2.75) is 0 Å². The Morgan fingerprint density at radius 3 is 2.59 bits per heavy atom. The third kappa shape index (κ3) is 2.71. The number of nitrogens with zero attached hydrogens (tertiary/aromatic N) is 2. The molecule has 1 heterocycles. The van der Waals surface area contributed by atoms with Gasteiger partial charge >= 0.3 is 0 Å². The van der Waals surface area contributed by atoms with Gasteiger partial charge in [0.05, 0.1) is 16.7 Å². The SMILES string of the molecule is N#Cc1ccc(Nc2ncc(Cl)cc2F)cc1. The first-order valence-corrected chi connectivity index (χ1v) is 5.15. The molecule has 0 saturated heterocycles. The van der Waals surface area contributed by atoms with E-state index in [0.717, 1.165) is 0 Å². The normalized spacial score (nSPS) is 9.71. The van der Waals surface area contributed by atoms with Crippen LogP contribution in [-0.2, 0) is 0 Å². The summed E-state index contributed by atoms with van der Waals surface area (Å²) in [5.41, 5.74) is 1.19. The molecule has 1 aromatic carbocycles. The van der Waals surface area contributed by atoms with Gasteiger partial charge in [-0.15, -0.1) is 0 Å². The van der Waals surface area contributed by atoms with E-state index in [9.17, 15) is 4.39 Å². The van der Waals surface area contributed by atoms with E-state index < -0.39 is 5.82 Å². The van der Waals surface area contributed by atoms with Crippen LogP contribution in [0.1, 0.15) is 5.56 Å². The summed E-state index contributed by atoms with van der Waals surface area (Å²) >= 11 is 5.59. The number of hydrogen-bond acceptors (Lipinski definition) is 3. The largest absolute Gasteiger partial charge is 0.338 e. The van der Waals surface area contributed by atoms with Crippen LogP contribution >= 0.6 is 11.6 Å². The minimum absolute atomic E-state index is 0.0964. The highest BCUT2D eigenvalue weighted by Crippen LogP contribution is 2.20. The second-order valence-electron chi connectivity index (χ2n) is 3.30. The van der Waals surface area contributed by atoms with Gasteiger partial charge in [-0.1, -0.05) is 11.6 Å². The molecule has 0 spiro atoms. The lowest BCUT2D eigenvalue weighted by atomic mass is 10.2. The Kier molecular flexibility index (Phi) is 3.22. The van der Waals surface area contributed by atoms with Crippen LogP contribution in [0, 0.1) is 17.1 Å². The van der Waals surface area contributed by atoms with Gasteiger partial charge in [-0.25, -0.2) is 9.37 Å². The van der Waals surface area contributed by atoms with Crippen molar-refractivity contribution < 1.29 is 4.39 Å². The molecule has 1 aromatic heterocycles. The lowest BCUT2D eigenvalue weighted by Gasteiger charge is -2.06. The Labute approximate surface area is 102 Å². The highest BCUT2D eigenvalue weighted by molar-refractivity contribution is 6.30. The van der Waals surface area contributed by atoms with Crippen molar-refractivity contribution in [3.05, 3.63) is 52.9 Å². The fourth-order valence-electron chi connectivity index (χ4n) is 1.27. The third-order valence-electron chi connectivity index (χ3n) is 2.08. The molecule has 84 valence electrons. The van der Waals surface area contributed by atoms with Crippen molar-refractivity contribution in [1.82, 2.24) is 4.98 Å². The Morgan fingerprint density at radius 1 is 1.29 bits per heavy atom. The molecule has 0 aliphatic heterocycles. The van der Waals surface area contributed by atoms with Crippen LogP contribution in [0.3, 0.4) is 0 Å². The van der Waals surface area contributed by atoms with Crippen LogP contribution in [0.2, 0.25) is 5.02 Å². The Hall–Kier alpha value is -2.12. The first kappa shape index (κ1) is 11.4. The van der Waals surface area contributed by atoms with Gasteiger partial charge in [0.25, 0.3) is 0 Å². The van der Waals surface area contributed by atoms with Gasteiger partial charge in [0.1, 0.15) is 0 Å². The highest BCUT2D eigenvalue weighted by Gasteiger charge is 2.04. The second kappa shape index (κ2) is 4.81. The molecule has 0 unspecified atom stereocenters. The van der Waals surface area contributed by atoms with Gasteiger partial charge in [-0.2, -0.15) is 5.26 Å². The monoisotopic (exact) mass is 247 g/mol. The number of nitrogens with one attached hydrogen (secondary N) is 1. The number of benzene rings is 1. The standard InChI is InChI=1S/C12H7ClFN3/c13-9-5-11(14)12(16-7-9)17-10-3-1-8(6-15)2-4-10/h1-5,7H,(H,16,17). The van der Waals surface area contributed by atoms with Gasteiger partial charge in [-0.3, -0.25) is 0 Å². The second-order valence-corrected chi connectivity index (χ2v) is 3.73. The molecule has 17 heavy (non-hydrogen) atoms. The van der Waals surface area contributed by atoms with E-state index in [-0.39, 0.29) is 10.8 Å². The number of aromatic nitrogens is 1. The molecule has 0 saturated carbocycles. The van der Waals surface area contributed by atoms with E-state index in [1.165, 1.54) is 12.3 Å². The van der Waals surface area contributed by atoms with Gasteiger partial charge in [0.15, 0.2) is 11.6 Å². The van der Waals surface area contributed by atoms with Crippen LogP contribution in [0.15, 0.2) is 36.5 Å². The van der Waals surface area contributed by atoms with E-state index in [4.69, 9.17) is 16.9 Å². The number of pyridine rings is 1. The number of nitriles is 1. The average Bonchev–Trinajstić information content (AvgIpc) is 2.34. The fourth-order valence-corrected chi connectivity index (χ4v) is 1.42. The molecule has 1 N–H and O–H groups in total. The molecule has 0 atom stereocenters. The van der Waals surface area contributed by atoms with Crippen LogP contribution in [0.4, 0.5) is 15.9 Å². The molecular weight excluding hydrogens is 241 g/mol. The van der Waals surface area contributed by atoms with E-state index in [1.807, 2.05) is 6.07 Å². The first-order valence-electron chi connectivity index (χ1n) is 4.77. The number of hydrogen-bond donors (Lipinski definition) is 1. The maximum absolute atomic E-state index is 13.4. The Balaban J connectivity index is 2.23. The summed E-state index contributed by atoms with van der Waals surface area (Å²) in [6, 6.07) is 9.80. The number of halogens is 2. The van der Waals surface area contributed by atoms with Crippen molar-refractivity contribution >= 4 is 23.1 Å². The lowest BCUT2D eigenvalue weighted by Crippen LogP contribution is -1.96. The van der Waals surface area contributed by atoms with Gasteiger partial charge < -0.3 is 5.32 Å². The molecule has 2 aromatic rings. The maximum Gasteiger partial charge on any atom is 0.167 e. The van der Waals surface area contributed by atoms with Crippen LogP contribution in [0.5, 0.6) is 0 Å². The molecule has 0 aliphatic rings. The van der Waals surface area contributed by atoms with Crippen molar-refractivity contribution in [3.63, 3.8) is 0 Å².